The SMILES string of the molecule is CS(=O)(=O)NCC(=O)N[C@@H](Cc1ccccc1)C1CCCC1. The van der Waals surface area contributed by atoms with Gasteiger partial charge >= 0.3 is 0 Å². The van der Waals surface area contributed by atoms with Crippen LogP contribution in [0.1, 0.15) is 31.2 Å². The molecule has 1 atom stereocenters. The Balaban J connectivity index is 1.97. The number of carbonyl (C=O) groups excluding carboxylic acids is 1. The largest absolute Gasteiger partial charge is 0.352 e. The molecule has 0 unspecified atom stereocenters. The maximum absolute atomic E-state index is 12.0. The standard InChI is InChI=1S/C16H24N2O3S/c1-22(20,21)17-12-16(19)18-15(14-9-5-6-10-14)11-13-7-3-2-4-8-13/h2-4,7-8,14-15,17H,5-6,9-12H2,1H3,(H,18,19)/t15-/m0/s1. The molecule has 0 heterocycles. The Labute approximate surface area is 132 Å². The first-order chi connectivity index (χ1) is 10.4. The third-order valence-corrected chi connectivity index (χ3v) is 4.78. The van der Waals surface area contributed by atoms with Gasteiger partial charge < -0.3 is 5.32 Å². The first-order valence-corrected chi connectivity index (χ1v) is 9.61. The average Bonchev–Trinajstić information content (AvgIpc) is 2.99. The first-order valence-electron chi connectivity index (χ1n) is 7.72. The summed E-state index contributed by atoms with van der Waals surface area (Å²) in [5.41, 5.74) is 1.19. The predicted octanol–water partition coefficient (Wildman–Crippen LogP) is 1.45. The van der Waals surface area contributed by atoms with Gasteiger partial charge in [0.05, 0.1) is 12.8 Å². The van der Waals surface area contributed by atoms with Gasteiger partial charge in [0.15, 0.2) is 0 Å². The number of benzene rings is 1. The Morgan fingerprint density at radius 2 is 1.86 bits per heavy atom. The molecule has 1 saturated carbocycles. The fourth-order valence-electron chi connectivity index (χ4n) is 3.02. The number of hydrogen-bond acceptors (Lipinski definition) is 3. The van der Waals surface area contributed by atoms with Gasteiger partial charge in [-0.3, -0.25) is 4.79 Å². The maximum atomic E-state index is 12.0. The van der Waals surface area contributed by atoms with E-state index < -0.39 is 10.0 Å². The van der Waals surface area contributed by atoms with Crippen molar-refractivity contribution in [3.05, 3.63) is 35.9 Å². The van der Waals surface area contributed by atoms with Gasteiger partial charge in [-0.1, -0.05) is 43.2 Å². The number of hydrogen-bond donors (Lipinski definition) is 2. The highest BCUT2D eigenvalue weighted by Gasteiger charge is 2.26. The molecule has 1 amide bonds. The van der Waals surface area contributed by atoms with Gasteiger partial charge in [0.25, 0.3) is 0 Å². The average molecular weight is 324 g/mol. The Morgan fingerprint density at radius 3 is 2.45 bits per heavy atom. The van der Waals surface area contributed by atoms with E-state index in [0.29, 0.717) is 5.92 Å². The molecule has 1 fully saturated rings. The summed E-state index contributed by atoms with van der Waals surface area (Å²) in [6, 6.07) is 10.1. The van der Waals surface area contributed by atoms with Crippen molar-refractivity contribution in [3.8, 4) is 0 Å². The van der Waals surface area contributed by atoms with Gasteiger partial charge in [-0.25, -0.2) is 13.1 Å². The molecule has 122 valence electrons. The lowest BCUT2D eigenvalue weighted by Crippen LogP contribution is -2.45. The van der Waals surface area contributed by atoms with Crippen molar-refractivity contribution in [2.75, 3.05) is 12.8 Å². The third kappa shape index (κ3) is 5.77. The Bertz CT molecular complexity index is 581. The zero-order valence-corrected chi connectivity index (χ0v) is 13.7. The van der Waals surface area contributed by atoms with Crippen molar-refractivity contribution >= 4 is 15.9 Å². The molecule has 2 N–H and O–H groups in total. The molecule has 0 aromatic heterocycles. The summed E-state index contributed by atoms with van der Waals surface area (Å²) in [6.07, 6.45) is 6.49. The minimum Gasteiger partial charge on any atom is -0.352 e. The molecule has 0 aliphatic heterocycles. The number of amides is 1. The lowest BCUT2D eigenvalue weighted by Gasteiger charge is -2.25. The highest BCUT2D eigenvalue weighted by atomic mass is 32.2. The summed E-state index contributed by atoms with van der Waals surface area (Å²) < 4.78 is 24.4. The van der Waals surface area contributed by atoms with E-state index in [1.54, 1.807) is 0 Å². The molecule has 1 aliphatic carbocycles. The first kappa shape index (κ1) is 17.0. The van der Waals surface area contributed by atoms with E-state index in [4.69, 9.17) is 0 Å². The molecule has 5 nitrogen and oxygen atoms in total. The van der Waals surface area contributed by atoms with Crippen molar-refractivity contribution in [2.24, 2.45) is 5.92 Å². The van der Waals surface area contributed by atoms with Gasteiger partial charge in [0.2, 0.25) is 15.9 Å². The summed E-state index contributed by atoms with van der Waals surface area (Å²) in [4.78, 5) is 12.0. The minimum absolute atomic E-state index is 0.0683. The molecule has 22 heavy (non-hydrogen) atoms. The zero-order valence-electron chi connectivity index (χ0n) is 12.9. The van der Waals surface area contributed by atoms with Crippen LogP contribution in [0.4, 0.5) is 0 Å². The van der Waals surface area contributed by atoms with Crippen molar-refractivity contribution in [3.63, 3.8) is 0 Å². The van der Waals surface area contributed by atoms with E-state index in [0.717, 1.165) is 25.5 Å². The molecule has 0 spiro atoms. The molecule has 1 aliphatic rings. The number of nitrogens with one attached hydrogen (secondary N) is 2. The van der Waals surface area contributed by atoms with Crippen molar-refractivity contribution in [1.82, 2.24) is 10.0 Å². The summed E-state index contributed by atoms with van der Waals surface area (Å²) in [6.45, 7) is -0.198. The van der Waals surface area contributed by atoms with Crippen LogP contribution in [0.15, 0.2) is 30.3 Å². The van der Waals surface area contributed by atoms with E-state index >= 15 is 0 Å². The minimum atomic E-state index is -3.34. The highest BCUT2D eigenvalue weighted by Crippen LogP contribution is 2.29. The molecule has 0 bridgehead atoms. The quantitative estimate of drug-likeness (QED) is 0.797. The van der Waals surface area contributed by atoms with E-state index in [1.807, 2.05) is 18.2 Å². The molecular weight excluding hydrogens is 300 g/mol. The van der Waals surface area contributed by atoms with Crippen molar-refractivity contribution in [2.45, 2.75) is 38.1 Å². The smallest absolute Gasteiger partial charge is 0.235 e. The monoisotopic (exact) mass is 324 g/mol. The fourth-order valence-corrected chi connectivity index (χ4v) is 3.41. The summed E-state index contributed by atoms with van der Waals surface area (Å²) >= 11 is 0. The normalized spacial score (nSPS) is 17.3. The summed E-state index contributed by atoms with van der Waals surface area (Å²) in [5, 5.41) is 3.01. The van der Waals surface area contributed by atoms with Gasteiger partial charge in [-0.15, -0.1) is 0 Å². The van der Waals surface area contributed by atoms with Crippen LogP contribution in [0, 0.1) is 5.92 Å². The molecule has 0 radical (unpaired) electrons. The summed E-state index contributed by atoms with van der Waals surface area (Å²) in [5.74, 6) is 0.209. The van der Waals surface area contributed by atoms with Crippen LogP contribution in [-0.4, -0.2) is 33.2 Å². The topological polar surface area (TPSA) is 75.3 Å². The molecule has 0 saturated heterocycles. The van der Waals surface area contributed by atoms with Crippen molar-refractivity contribution in [1.29, 1.82) is 0 Å². The van der Waals surface area contributed by atoms with Gasteiger partial charge in [0.1, 0.15) is 0 Å². The Kier molecular flexibility index (Phi) is 5.97. The molecule has 2 rings (SSSR count). The van der Waals surface area contributed by atoms with Gasteiger partial charge in [-0.05, 0) is 30.7 Å². The fraction of sp³-hybridized carbons (Fsp3) is 0.562. The molecule has 1 aromatic rings. The van der Waals surface area contributed by atoms with Crippen LogP contribution in [0.2, 0.25) is 0 Å². The number of sulfonamides is 1. The predicted molar refractivity (Wildman–Crippen MR) is 86.9 cm³/mol. The van der Waals surface area contributed by atoms with Crippen molar-refractivity contribution < 1.29 is 13.2 Å². The second-order valence-electron chi connectivity index (χ2n) is 6.00. The van der Waals surface area contributed by atoms with Crippen LogP contribution in [0.3, 0.4) is 0 Å². The summed E-state index contributed by atoms with van der Waals surface area (Å²) in [7, 11) is -3.34. The Morgan fingerprint density at radius 1 is 1.23 bits per heavy atom. The maximum Gasteiger partial charge on any atom is 0.235 e. The highest BCUT2D eigenvalue weighted by molar-refractivity contribution is 7.88. The third-order valence-electron chi connectivity index (χ3n) is 4.11. The second kappa shape index (κ2) is 7.74. The van der Waals surface area contributed by atoms with E-state index in [2.05, 4.69) is 22.2 Å². The lowest BCUT2D eigenvalue weighted by atomic mass is 9.92. The second-order valence-corrected chi connectivity index (χ2v) is 7.83. The Hall–Kier alpha value is -1.40. The lowest BCUT2D eigenvalue weighted by molar-refractivity contribution is -0.121. The van der Waals surface area contributed by atoms with Crippen LogP contribution in [0.5, 0.6) is 0 Å². The van der Waals surface area contributed by atoms with Crippen LogP contribution in [0.25, 0.3) is 0 Å². The number of rotatable bonds is 7. The van der Waals surface area contributed by atoms with Crippen LogP contribution in [-0.2, 0) is 21.2 Å². The van der Waals surface area contributed by atoms with Crippen LogP contribution >= 0.6 is 0 Å². The zero-order chi connectivity index (χ0) is 16.0. The molecular formula is C16H24N2O3S. The van der Waals surface area contributed by atoms with Gasteiger partial charge in [0, 0.05) is 6.04 Å². The number of carbonyl (C=O) groups is 1. The van der Waals surface area contributed by atoms with E-state index in [1.165, 1.54) is 18.4 Å². The van der Waals surface area contributed by atoms with E-state index in [9.17, 15) is 13.2 Å². The van der Waals surface area contributed by atoms with Gasteiger partial charge in [-0.2, -0.15) is 0 Å². The molecule has 1 aromatic carbocycles. The van der Waals surface area contributed by atoms with Crippen LogP contribution < -0.4 is 10.0 Å². The van der Waals surface area contributed by atoms with E-state index in [-0.39, 0.29) is 18.5 Å². The molecule has 6 heteroatoms.